The van der Waals surface area contributed by atoms with Crippen molar-refractivity contribution in [2.75, 3.05) is 13.2 Å². The molecule has 2 N–H and O–H groups in total. The van der Waals surface area contributed by atoms with E-state index in [1.54, 1.807) is 30.3 Å². The maximum Gasteiger partial charge on any atom is 0.269 e. The first-order chi connectivity index (χ1) is 12.1. The summed E-state index contributed by atoms with van der Waals surface area (Å²) in [4.78, 5) is 23.9. The van der Waals surface area contributed by atoms with E-state index < -0.39 is 5.91 Å². The number of ether oxygens (including phenoxy) is 2. The molecular weight excluding hydrogens is 327 g/mol. The molecule has 25 heavy (non-hydrogen) atoms. The number of amides is 2. The molecule has 1 aliphatic heterocycles. The van der Waals surface area contributed by atoms with Crippen molar-refractivity contribution in [3.63, 3.8) is 0 Å². The van der Waals surface area contributed by atoms with Crippen LogP contribution in [0.2, 0.25) is 0 Å². The quantitative estimate of drug-likeness (QED) is 0.832. The number of hydrazine groups is 1. The van der Waals surface area contributed by atoms with Crippen LogP contribution < -0.4 is 20.3 Å². The number of carbonyl (C=O) groups excluding carboxylic acids is 2. The van der Waals surface area contributed by atoms with Gasteiger partial charge in [-0.2, -0.15) is 0 Å². The van der Waals surface area contributed by atoms with E-state index >= 15 is 0 Å². The van der Waals surface area contributed by atoms with Gasteiger partial charge in [-0.05, 0) is 42.3 Å². The van der Waals surface area contributed by atoms with Gasteiger partial charge in [0.05, 0.1) is 0 Å². The Morgan fingerprint density at radius 2 is 1.80 bits per heavy atom. The van der Waals surface area contributed by atoms with E-state index in [-0.39, 0.29) is 18.1 Å². The first-order valence-corrected chi connectivity index (χ1v) is 7.85. The van der Waals surface area contributed by atoms with E-state index in [4.69, 9.17) is 9.47 Å². The smallest absolute Gasteiger partial charge is 0.269 e. The fraction of sp³-hybridized carbons (Fsp3) is 0.222. The van der Waals surface area contributed by atoms with Gasteiger partial charge in [0.15, 0.2) is 11.5 Å². The topological polar surface area (TPSA) is 76.7 Å². The molecule has 0 aliphatic carbocycles. The first kappa shape index (κ1) is 16.8. The number of fused-ring (bicyclic) bond motifs is 1. The molecule has 0 saturated heterocycles. The van der Waals surface area contributed by atoms with Gasteiger partial charge in [0, 0.05) is 12.0 Å². The molecule has 0 radical (unpaired) electrons. The standard InChI is InChI=1S/C18H17FN2O4/c19-14-3-1-2-12(10-14)4-7-17(22)20-21-18(23)13-5-6-15-16(11-13)25-9-8-24-15/h1-3,5-6,10-11H,4,7-9H2,(H,20,22)(H,21,23). The van der Waals surface area contributed by atoms with Crippen LogP contribution in [0.3, 0.4) is 0 Å². The van der Waals surface area contributed by atoms with Crippen molar-refractivity contribution >= 4 is 11.8 Å². The van der Waals surface area contributed by atoms with Gasteiger partial charge in [0.1, 0.15) is 19.0 Å². The van der Waals surface area contributed by atoms with Crippen molar-refractivity contribution < 1.29 is 23.5 Å². The van der Waals surface area contributed by atoms with Crippen molar-refractivity contribution in [1.29, 1.82) is 0 Å². The van der Waals surface area contributed by atoms with Crippen LogP contribution in [-0.2, 0) is 11.2 Å². The third kappa shape index (κ3) is 4.47. The number of rotatable bonds is 4. The van der Waals surface area contributed by atoms with Gasteiger partial charge in [-0.3, -0.25) is 20.4 Å². The monoisotopic (exact) mass is 344 g/mol. The molecule has 2 aromatic carbocycles. The minimum absolute atomic E-state index is 0.130. The summed E-state index contributed by atoms with van der Waals surface area (Å²) >= 11 is 0. The first-order valence-electron chi connectivity index (χ1n) is 7.85. The summed E-state index contributed by atoms with van der Waals surface area (Å²) in [5, 5.41) is 0. The summed E-state index contributed by atoms with van der Waals surface area (Å²) in [6.07, 6.45) is 0.508. The lowest BCUT2D eigenvalue weighted by molar-refractivity contribution is -0.121. The highest BCUT2D eigenvalue weighted by atomic mass is 19.1. The average Bonchev–Trinajstić information content (AvgIpc) is 2.64. The zero-order valence-electron chi connectivity index (χ0n) is 13.4. The predicted octanol–water partition coefficient (Wildman–Crippen LogP) is 1.99. The maximum absolute atomic E-state index is 13.1. The molecule has 0 saturated carbocycles. The van der Waals surface area contributed by atoms with Gasteiger partial charge < -0.3 is 9.47 Å². The zero-order chi connectivity index (χ0) is 17.6. The third-order valence-corrected chi connectivity index (χ3v) is 3.65. The van der Waals surface area contributed by atoms with Crippen LogP contribution in [0.25, 0.3) is 0 Å². The lowest BCUT2D eigenvalue weighted by Gasteiger charge is -2.18. The second-order valence-electron chi connectivity index (χ2n) is 5.49. The van der Waals surface area contributed by atoms with Crippen LogP contribution in [0.4, 0.5) is 4.39 Å². The van der Waals surface area contributed by atoms with Gasteiger partial charge in [-0.15, -0.1) is 0 Å². The Kier molecular flexibility index (Phi) is 5.13. The Labute approximate surface area is 143 Å². The summed E-state index contributed by atoms with van der Waals surface area (Å²) in [6, 6.07) is 10.8. The fourth-order valence-corrected chi connectivity index (χ4v) is 2.40. The molecule has 0 spiro atoms. The highest BCUT2D eigenvalue weighted by Gasteiger charge is 2.15. The van der Waals surface area contributed by atoms with E-state index in [1.165, 1.54) is 12.1 Å². The SMILES string of the molecule is O=C(CCc1cccc(F)c1)NNC(=O)c1ccc2c(c1)OCCO2. The maximum atomic E-state index is 13.1. The van der Waals surface area contributed by atoms with Crippen molar-refractivity contribution in [1.82, 2.24) is 10.9 Å². The Bertz CT molecular complexity index is 794. The van der Waals surface area contributed by atoms with E-state index in [9.17, 15) is 14.0 Å². The van der Waals surface area contributed by atoms with E-state index in [2.05, 4.69) is 10.9 Å². The number of hydrogen-bond donors (Lipinski definition) is 2. The fourth-order valence-electron chi connectivity index (χ4n) is 2.40. The summed E-state index contributed by atoms with van der Waals surface area (Å²) in [7, 11) is 0. The molecule has 6 nitrogen and oxygen atoms in total. The van der Waals surface area contributed by atoms with Crippen LogP contribution >= 0.6 is 0 Å². The summed E-state index contributed by atoms with van der Waals surface area (Å²) in [5.41, 5.74) is 5.74. The number of hydrogen-bond acceptors (Lipinski definition) is 4. The molecule has 0 fully saturated rings. The van der Waals surface area contributed by atoms with Gasteiger partial charge >= 0.3 is 0 Å². The average molecular weight is 344 g/mol. The zero-order valence-corrected chi connectivity index (χ0v) is 13.4. The lowest BCUT2D eigenvalue weighted by atomic mass is 10.1. The largest absolute Gasteiger partial charge is 0.486 e. The molecule has 2 aromatic rings. The molecule has 3 rings (SSSR count). The lowest BCUT2D eigenvalue weighted by Crippen LogP contribution is -2.41. The van der Waals surface area contributed by atoms with Gasteiger partial charge in [0.2, 0.25) is 5.91 Å². The van der Waals surface area contributed by atoms with Crippen LogP contribution in [0, 0.1) is 5.82 Å². The Hall–Kier alpha value is -3.09. The van der Waals surface area contributed by atoms with Crippen molar-refractivity contribution in [3.05, 3.63) is 59.4 Å². The van der Waals surface area contributed by atoms with Crippen LogP contribution in [0.15, 0.2) is 42.5 Å². The molecule has 0 unspecified atom stereocenters. The summed E-state index contributed by atoms with van der Waals surface area (Å²) in [6.45, 7) is 0.898. The second kappa shape index (κ2) is 7.65. The minimum atomic E-state index is -0.462. The molecule has 130 valence electrons. The number of halogens is 1. The van der Waals surface area contributed by atoms with Crippen LogP contribution in [0.1, 0.15) is 22.3 Å². The van der Waals surface area contributed by atoms with E-state index in [0.29, 0.717) is 42.3 Å². The van der Waals surface area contributed by atoms with Crippen LogP contribution in [0.5, 0.6) is 11.5 Å². The van der Waals surface area contributed by atoms with E-state index in [1.807, 2.05) is 0 Å². The van der Waals surface area contributed by atoms with Crippen molar-refractivity contribution in [2.45, 2.75) is 12.8 Å². The summed E-state index contributed by atoms with van der Waals surface area (Å²) in [5.74, 6) is -0.0886. The van der Waals surface area contributed by atoms with Crippen LogP contribution in [-0.4, -0.2) is 25.0 Å². The summed E-state index contributed by atoms with van der Waals surface area (Å²) < 4.78 is 23.9. The predicted molar refractivity (Wildman–Crippen MR) is 87.8 cm³/mol. The minimum Gasteiger partial charge on any atom is -0.486 e. The highest BCUT2D eigenvalue weighted by molar-refractivity contribution is 5.96. The molecule has 1 aliphatic rings. The molecule has 0 bridgehead atoms. The Morgan fingerprint density at radius 3 is 2.60 bits per heavy atom. The van der Waals surface area contributed by atoms with Crippen molar-refractivity contribution in [3.8, 4) is 11.5 Å². The number of carbonyl (C=O) groups is 2. The van der Waals surface area contributed by atoms with Gasteiger partial charge in [0.25, 0.3) is 5.91 Å². The van der Waals surface area contributed by atoms with Gasteiger partial charge in [-0.1, -0.05) is 12.1 Å². The molecule has 7 heteroatoms. The van der Waals surface area contributed by atoms with Gasteiger partial charge in [-0.25, -0.2) is 4.39 Å². The second-order valence-corrected chi connectivity index (χ2v) is 5.49. The Balaban J connectivity index is 1.49. The van der Waals surface area contributed by atoms with Crippen molar-refractivity contribution in [2.24, 2.45) is 0 Å². The molecule has 2 amide bonds. The molecule has 1 heterocycles. The number of aryl methyl sites for hydroxylation is 1. The third-order valence-electron chi connectivity index (χ3n) is 3.65. The highest BCUT2D eigenvalue weighted by Crippen LogP contribution is 2.30. The Morgan fingerprint density at radius 1 is 1.00 bits per heavy atom. The number of nitrogens with one attached hydrogen (secondary N) is 2. The molecule has 0 aromatic heterocycles. The molecular formula is C18H17FN2O4. The van der Waals surface area contributed by atoms with E-state index in [0.717, 1.165) is 0 Å². The normalized spacial score (nSPS) is 12.4. The molecule has 0 atom stereocenters. The number of benzene rings is 2.